The molecule has 0 aromatic carbocycles. The molecule has 24 heavy (non-hydrogen) atoms. The molecule has 8 atom stereocenters. The van der Waals surface area contributed by atoms with Gasteiger partial charge in [-0.15, -0.1) is 6.42 Å². The largest absolute Gasteiger partial charge is 0.389 e. The summed E-state index contributed by atoms with van der Waals surface area (Å²) in [6, 6.07) is 0. The lowest BCUT2D eigenvalue weighted by atomic mass is 9.46. The summed E-state index contributed by atoms with van der Waals surface area (Å²) in [6.45, 7) is 6.96. The van der Waals surface area contributed by atoms with Gasteiger partial charge in [0.1, 0.15) is 5.60 Å². The number of hydrogen-bond acceptors (Lipinski definition) is 2. The third-order valence-electron chi connectivity index (χ3n) is 8.77. The maximum absolute atomic E-state index is 11.0. The maximum atomic E-state index is 11.0. The highest BCUT2D eigenvalue weighted by Gasteiger charge is 2.64. The number of hydrogen-bond donors (Lipinski definition) is 2. The summed E-state index contributed by atoms with van der Waals surface area (Å²) in [4.78, 5) is 0. The van der Waals surface area contributed by atoms with Crippen LogP contribution in [0.1, 0.15) is 65.7 Å². The molecule has 0 aromatic rings. The van der Waals surface area contributed by atoms with Crippen LogP contribution in [0.5, 0.6) is 0 Å². The van der Waals surface area contributed by atoms with Crippen LogP contribution in [0.3, 0.4) is 0 Å². The second-order valence-corrected chi connectivity index (χ2v) is 9.74. The average Bonchev–Trinajstić information content (AvgIpc) is 2.82. The molecule has 4 rings (SSSR count). The molecule has 4 aliphatic rings. The van der Waals surface area contributed by atoms with Crippen molar-refractivity contribution in [2.45, 2.75) is 77.4 Å². The maximum Gasteiger partial charge on any atom is 0.130 e. The quantitative estimate of drug-likeness (QED) is 0.523. The highest BCUT2D eigenvalue weighted by atomic mass is 16.3. The molecule has 0 amide bonds. The van der Waals surface area contributed by atoms with Gasteiger partial charge in [0.05, 0.1) is 6.10 Å². The summed E-state index contributed by atoms with van der Waals surface area (Å²) in [5, 5.41) is 22.1. The summed E-state index contributed by atoms with van der Waals surface area (Å²) >= 11 is 0. The van der Waals surface area contributed by atoms with Gasteiger partial charge in [0.25, 0.3) is 0 Å². The zero-order valence-corrected chi connectivity index (χ0v) is 15.4. The zero-order valence-electron chi connectivity index (χ0n) is 15.4. The fraction of sp³-hybridized carbons (Fsp3) is 0.818. The van der Waals surface area contributed by atoms with Crippen molar-refractivity contribution in [3.63, 3.8) is 0 Å². The number of allylic oxidation sites excluding steroid dienone is 1. The van der Waals surface area contributed by atoms with Gasteiger partial charge in [-0.2, -0.15) is 0 Å². The van der Waals surface area contributed by atoms with Gasteiger partial charge in [-0.1, -0.05) is 38.3 Å². The number of aliphatic hydroxyl groups is 2. The Kier molecular flexibility index (Phi) is 3.56. The molecule has 132 valence electrons. The van der Waals surface area contributed by atoms with Crippen molar-refractivity contribution >= 4 is 0 Å². The van der Waals surface area contributed by atoms with E-state index in [1.165, 1.54) is 18.4 Å². The van der Waals surface area contributed by atoms with E-state index in [9.17, 15) is 10.2 Å². The minimum absolute atomic E-state index is 0.243. The van der Waals surface area contributed by atoms with Crippen LogP contribution in [0.25, 0.3) is 0 Å². The molecule has 4 aliphatic carbocycles. The number of terminal acetylenes is 1. The first kappa shape index (κ1) is 16.7. The summed E-state index contributed by atoms with van der Waals surface area (Å²) in [5.41, 5.74) is 0.514. The van der Waals surface area contributed by atoms with Crippen molar-refractivity contribution in [2.24, 2.45) is 34.5 Å². The fourth-order valence-electron chi connectivity index (χ4n) is 7.09. The van der Waals surface area contributed by atoms with Gasteiger partial charge in [-0.3, -0.25) is 0 Å². The van der Waals surface area contributed by atoms with E-state index in [-0.39, 0.29) is 22.9 Å². The van der Waals surface area contributed by atoms with Crippen LogP contribution in [0.2, 0.25) is 0 Å². The molecule has 0 aromatic heterocycles. The predicted molar refractivity (Wildman–Crippen MR) is 96.0 cm³/mol. The van der Waals surface area contributed by atoms with Crippen LogP contribution in [0, 0.1) is 46.8 Å². The first-order chi connectivity index (χ1) is 11.2. The number of rotatable bonds is 0. The Morgan fingerprint density at radius 3 is 2.54 bits per heavy atom. The molecular weight excluding hydrogens is 296 g/mol. The molecule has 0 saturated heterocycles. The zero-order chi connectivity index (χ0) is 17.3. The molecule has 2 N–H and O–H groups in total. The van der Waals surface area contributed by atoms with E-state index >= 15 is 0 Å². The molecular formula is C22H32O2. The standard InChI is InChI=1S/C22H32O2/c1-5-22(24)11-8-17-19-16(7-10-21(17,22)4)20(3)9-6-14(2)12-15(20)13-18(19)23/h1,13-14,16-19,23-24H,6-12H2,2-4H3/t14-,16?,17?,18-,19?,20-,21-,22-/m0/s1. The molecule has 3 fully saturated rings. The van der Waals surface area contributed by atoms with E-state index in [0.717, 1.165) is 31.6 Å². The normalized spacial score (nSPS) is 56.5. The van der Waals surface area contributed by atoms with Gasteiger partial charge in [-0.25, -0.2) is 0 Å². The molecule has 0 radical (unpaired) electrons. The molecule has 2 heteroatoms. The van der Waals surface area contributed by atoms with Crippen LogP contribution in [0.4, 0.5) is 0 Å². The van der Waals surface area contributed by atoms with E-state index in [1.54, 1.807) is 0 Å². The third kappa shape index (κ3) is 1.92. The van der Waals surface area contributed by atoms with E-state index < -0.39 is 5.60 Å². The lowest BCUT2D eigenvalue weighted by Crippen LogP contribution is -2.57. The monoisotopic (exact) mass is 328 g/mol. The smallest absolute Gasteiger partial charge is 0.130 e. The summed E-state index contributed by atoms with van der Waals surface area (Å²) in [5.74, 6) is 4.59. The van der Waals surface area contributed by atoms with Gasteiger partial charge in [0.15, 0.2) is 0 Å². The molecule has 3 unspecified atom stereocenters. The van der Waals surface area contributed by atoms with Gasteiger partial charge in [0, 0.05) is 5.41 Å². The van der Waals surface area contributed by atoms with Crippen LogP contribution in [-0.4, -0.2) is 21.9 Å². The summed E-state index contributed by atoms with van der Waals surface area (Å²) in [7, 11) is 0. The average molecular weight is 328 g/mol. The Labute approximate surface area is 146 Å². The third-order valence-corrected chi connectivity index (χ3v) is 8.77. The highest BCUT2D eigenvalue weighted by molar-refractivity contribution is 5.30. The lowest BCUT2D eigenvalue weighted by Gasteiger charge is -2.59. The van der Waals surface area contributed by atoms with Crippen molar-refractivity contribution in [3.8, 4) is 12.3 Å². The van der Waals surface area contributed by atoms with Crippen LogP contribution < -0.4 is 0 Å². The topological polar surface area (TPSA) is 40.5 Å². The Balaban J connectivity index is 1.75. The second-order valence-electron chi connectivity index (χ2n) is 9.74. The first-order valence-electron chi connectivity index (χ1n) is 9.84. The van der Waals surface area contributed by atoms with Crippen LogP contribution >= 0.6 is 0 Å². The van der Waals surface area contributed by atoms with Gasteiger partial charge >= 0.3 is 0 Å². The summed E-state index contributed by atoms with van der Waals surface area (Å²) in [6.07, 6.45) is 15.0. The molecule has 2 nitrogen and oxygen atoms in total. The molecule has 0 spiro atoms. The van der Waals surface area contributed by atoms with Crippen molar-refractivity contribution in [2.75, 3.05) is 0 Å². The Morgan fingerprint density at radius 1 is 1.12 bits per heavy atom. The molecule has 0 bridgehead atoms. The van der Waals surface area contributed by atoms with Crippen LogP contribution in [-0.2, 0) is 0 Å². The Morgan fingerprint density at radius 2 is 1.83 bits per heavy atom. The van der Waals surface area contributed by atoms with Crippen molar-refractivity contribution < 1.29 is 10.2 Å². The second kappa shape index (κ2) is 5.12. The van der Waals surface area contributed by atoms with Crippen molar-refractivity contribution in [1.29, 1.82) is 0 Å². The minimum atomic E-state index is -0.992. The Bertz CT molecular complexity index is 616. The van der Waals surface area contributed by atoms with Gasteiger partial charge in [0.2, 0.25) is 0 Å². The molecule has 3 saturated carbocycles. The Hall–Kier alpha value is -0.780. The fourth-order valence-corrected chi connectivity index (χ4v) is 7.09. The van der Waals surface area contributed by atoms with Crippen molar-refractivity contribution in [1.82, 2.24) is 0 Å². The van der Waals surface area contributed by atoms with Gasteiger partial charge < -0.3 is 10.2 Å². The molecule has 0 aliphatic heterocycles. The first-order valence-corrected chi connectivity index (χ1v) is 9.84. The van der Waals surface area contributed by atoms with Crippen molar-refractivity contribution in [3.05, 3.63) is 11.6 Å². The SMILES string of the molecule is C#C[C@]1(O)CCC2C3C(CC[C@@]21C)[C@@]1(C)CC[C@H](C)CC1=C[C@@H]3O. The predicted octanol–water partition coefficient (Wildman–Crippen LogP) is 3.92. The number of aliphatic hydroxyl groups excluding tert-OH is 1. The van der Waals surface area contributed by atoms with Crippen LogP contribution in [0.15, 0.2) is 11.6 Å². The summed E-state index contributed by atoms with van der Waals surface area (Å²) < 4.78 is 0. The number of fused-ring (bicyclic) bond motifs is 5. The van der Waals surface area contributed by atoms with E-state index in [2.05, 4.69) is 32.8 Å². The highest BCUT2D eigenvalue weighted by Crippen LogP contribution is 2.67. The minimum Gasteiger partial charge on any atom is -0.389 e. The van der Waals surface area contributed by atoms with E-state index in [0.29, 0.717) is 18.3 Å². The van der Waals surface area contributed by atoms with E-state index in [4.69, 9.17) is 6.42 Å². The van der Waals surface area contributed by atoms with Gasteiger partial charge in [-0.05, 0) is 74.0 Å². The molecule has 0 heterocycles. The lowest BCUT2D eigenvalue weighted by molar-refractivity contribution is -0.121. The van der Waals surface area contributed by atoms with E-state index in [1.807, 2.05) is 0 Å².